The maximum absolute atomic E-state index is 12.9. The van der Waals surface area contributed by atoms with Crippen molar-refractivity contribution in [1.29, 1.82) is 0 Å². The van der Waals surface area contributed by atoms with Crippen LogP contribution in [-0.4, -0.2) is 25.0 Å². The number of carbonyl (C=O) groups is 2. The number of nitrogens with one attached hydrogen (secondary N) is 1. The average Bonchev–Trinajstić information content (AvgIpc) is 3.31. The quantitative estimate of drug-likeness (QED) is 0.614. The van der Waals surface area contributed by atoms with Gasteiger partial charge < -0.3 is 15.0 Å². The van der Waals surface area contributed by atoms with Crippen LogP contribution in [0.15, 0.2) is 54.6 Å². The summed E-state index contributed by atoms with van der Waals surface area (Å²) in [5, 5.41) is 2.66. The van der Waals surface area contributed by atoms with E-state index in [1.165, 1.54) is 6.07 Å². The molecule has 3 aromatic rings. The van der Waals surface area contributed by atoms with E-state index < -0.39 is 12.5 Å². The Morgan fingerprint density at radius 3 is 2.60 bits per heavy atom. The highest BCUT2D eigenvalue weighted by Gasteiger charge is 2.25. The molecule has 1 aromatic heterocycles. The van der Waals surface area contributed by atoms with Gasteiger partial charge in [0.05, 0.1) is 0 Å². The summed E-state index contributed by atoms with van der Waals surface area (Å²) in [6.45, 7) is -0.676. The number of carbonyl (C=O) groups excluding carboxylic acids is 2. The van der Waals surface area contributed by atoms with E-state index in [0.717, 1.165) is 29.0 Å². The van der Waals surface area contributed by atoms with Crippen LogP contribution in [0.3, 0.4) is 0 Å². The largest absolute Gasteiger partial charge is 0.433 e. The maximum Gasteiger partial charge on any atom is 0.387 e. The summed E-state index contributed by atoms with van der Waals surface area (Å²) in [4.78, 5) is 27.9. The van der Waals surface area contributed by atoms with E-state index in [1.807, 2.05) is 24.3 Å². The molecule has 4 rings (SSSR count). The van der Waals surface area contributed by atoms with E-state index in [9.17, 15) is 18.4 Å². The summed E-state index contributed by atoms with van der Waals surface area (Å²) in [7, 11) is 0. The summed E-state index contributed by atoms with van der Waals surface area (Å²) in [5.41, 5.74) is 3.01. The second-order valence-electron chi connectivity index (χ2n) is 6.80. The van der Waals surface area contributed by atoms with E-state index >= 15 is 0 Å². The first kappa shape index (κ1) is 20.0. The van der Waals surface area contributed by atoms with Gasteiger partial charge in [-0.1, -0.05) is 18.2 Å². The molecule has 30 heavy (non-hydrogen) atoms. The second-order valence-corrected chi connectivity index (χ2v) is 8.05. The van der Waals surface area contributed by atoms with E-state index in [4.69, 9.17) is 0 Å². The van der Waals surface area contributed by atoms with Crippen molar-refractivity contribution in [3.8, 4) is 5.75 Å². The molecule has 0 radical (unpaired) electrons. The van der Waals surface area contributed by atoms with E-state index in [1.54, 1.807) is 36.1 Å². The van der Waals surface area contributed by atoms with Gasteiger partial charge in [-0.25, -0.2) is 0 Å². The van der Waals surface area contributed by atoms with Crippen molar-refractivity contribution < 1.29 is 23.1 Å². The van der Waals surface area contributed by atoms with Crippen LogP contribution in [0.25, 0.3) is 0 Å². The maximum atomic E-state index is 12.9. The zero-order chi connectivity index (χ0) is 21.3. The predicted molar refractivity (Wildman–Crippen MR) is 112 cm³/mol. The number of ether oxygens (including phenoxy) is 1. The number of alkyl halides is 2. The van der Waals surface area contributed by atoms with E-state index in [0.29, 0.717) is 22.7 Å². The van der Waals surface area contributed by atoms with Crippen LogP contribution >= 0.6 is 11.3 Å². The molecule has 0 saturated carbocycles. The molecule has 2 heterocycles. The first-order valence-corrected chi connectivity index (χ1v) is 10.1. The van der Waals surface area contributed by atoms with Crippen molar-refractivity contribution in [2.24, 2.45) is 0 Å². The summed E-state index contributed by atoms with van der Waals surface area (Å²) in [6, 6.07) is 15.7. The fourth-order valence-corrected chi connectivity index (χ4v) is 4.26. The van der Waals surface area contributed by atoms with Gasteiger partial charge in [-0.05, 0) is 55.3 Å². The molecular formula is C22H18F2N2O3S. The van der Waals surface area contributed by atoms with Gasteiger partial charge in [0.2, 0.25) is 0 Å². The van der Waals surface area contributed by atoms with Crippen LogP contribution < -0.4 is 15.0 Å². The third-order valence-corrected chi connectivity index (χ3v) is 5.80. The Morgan fingerprint density at radius 2 is 1.87 bits per heavy atom. The molecule has 5 nitrogen and oxygen atoms in total. The lowest BCUT2D eigenvalue weighted by Gasteiger charge is -2.17. The molecule has 0 spiro atoms. The van der Waals surface area contributed by atoms with Gasteiger partial charge >= 0.3 is 6.61 Å². The topological polar surface area (TPSA) is 58.6 Å². The lowest BCUT2D eigenvalue weighted by molar-refractivity contribution is -0.0498. The minimum Gasteiger partial charge on any atom is -0.433 e. The summed E-state index contributed by atoms with van der Waals surface area (Å²) < 4.78 is 29.5. The molecule has 0 fully saturated rings. The van der Waals surface area contributed by atoms with Gasteiger partial charge in [0.25, 0.3) is 11.8 Å². The van der Waals surface area contributed by atoms with Crippen molar-refractivity contribution >= 4 is 34.5 Å². The number of fused-ring (bicyclic) bond motifs is 1. The van der Waals surface area contributed by atoms with Gasteiger partial charge in [0, 0.05) is 28.4 Å². The smallest absolute Gasteiger partial charge is 0.387 e. The Bertz CT molecular complexity index is 1100. The number of nitrogens with zero attached hydrogens (tertiary/aromatic N) is 1. The molecular weight excluding hydrogens is 410 g/mol. The second kappa shape index (κ2) is 8.23. The molecule has 1 N–H and O–H groups in total. The molecule has 2 amide bonds. The predicted octanol–water partition coefficient (Wildman–Crippen LogP) is 5.11. The van der Waals surface area contributed by atoms with E-state index in [2.05, 4.69) is 10.1 Å². The summed E-state index contributed by atoms with van der Waals surface area (Å²) in [6.07, 6.45) is 0.819. The van der Waals surface area contributed by atoms with Crippen LogP contribution in [0.2, 0.25) is 0 Å². The number of hydrogen-bond acceptors (Lipinski definition) is 4. The molecule has 0 saturated heterocycles. The Kier molecular flexibility index (Phi) is 5.50. The highest BCUT2D eigenvalue weighted by Crippen LogP contribution is 2.31. The van der Waals surface area contributed by atoms with Crippen molar-refractivity contribution in [2.45, 2.75) is 20.0 Å². The van der Waals surface area contributed by atoms with Crippen molar-refractivity contribution in [2.75, 3.05) is 16.8 Å². The number of anilines is 2. The third-order valence-electron chi connectivity index (χ3n) is 4.77. The lowest BCUT2D eigenvalue weighted by atomic mass is 10.1. The molecule has 0 bridgehead atoms. The molecule has 0 unspecified atom stereocenters. The molecule has 1 aliphatic rings. The Hall–Kier alpha value is -3.26. The third kappa shape index (κ3) is 4.04. The first-order chi connectivity index (χ1) is 14.4. The molecule has 1 aliphatic heterocycles. The number of thiophene rings is 1. The Balaban J connectivity index is 1.47. The Labute approximate surface area is 175 Å². The van der Waals surface area contributed by atoms with Crippen LogP contribution in [0.5, 0.6) is 5.75 Å². The van der Waals surface area contributed by atoms with Crippen molar-refractivity contribution in [3.63, 3.8) is 0 Å². The molecule has 154 valence electrons. The first-order valence-electron chi connectivity index (χ1n) is 9.29. The number of aryl methyl sites for hydroxylation is 1. The molecule has 0 atom stereocenters. The number of amides is 2. The number of hydrogen-bond donors (Lipinski definition) is 1. The zero-order valence-corrected chi connectivity index (χ0v) is 16.8. The Morgan fingerprint density at radius 1 is 1.13 bits per heavy atom. The van der Waals surface area contributed by atoms with Crippen LogP contribution in [0.4, 0.5) is 20.2 Å². The van der Waals surface area contributed by atoms with Gasteiger partial charge in [-0.3, -0.25) is 9.59 Å². The minimum atomic E-state index is -3.01. The fraction of sp³-hybridized carbons (Fsp3) is 0.182. The monoisotopic (exact) mass is 428 g/mol. The standard InChI is InChI=1S/C22H18F2N2O3S/c1-13-12-18(29-22(23)24)19(30-13)20(27)25-16-8-6-15(7-9-16)21(28)26-11-10-14-4-2-3-5-17(14)26/h2-9,12,22H,10-11H2,1H3,(H,25,27). The van der Waals surface area contributed by atoms with Gasteiger partial charge in [-0.15, -0.1) is 11.3 Å². The highest BCUT2D eigenvalue weighted by atomic mass is 32.1. The number of rotatable bonds is 5. The summed E-state index contributed by atoms with van der Waals surface area (Å²) >= 11 is 1.07. The van der Waals surface area contributed by atoms with Gasteiger partial charge in [-0.2, -0.15) is 8.78 Å². The molecule has 8 heteroatoms. The number of halogens is 2. The normalized spacial score (nSPS) is 12.7. The average molecular weight is 428 g/mol. The number of para-hydroxylation sites is 1. The lowest BCUT2D eigenvalue weighted by Crippen LogP contribution is -2.28. The van der Waals surface area contributed by atoms with Crippen molar-refractivity contribution in [1.82, 2.24) is 0 Å². The summed E-state index contributed by atoms with van der Waals surface area (Å²) in [5.74, 6) is -0.805. The molecule has 2 aromatic carbocycles. The van der Waals surface area contributed by atoms with Gasteiger partial charge in [0.1, 0.15) is 10.6 Å². The van der Waals surface area contributed by atoms with Crippen LogP contribution in [0, 0.1) is 6.92 Å². The molecule has 0 aliphatic carbocycles. The zero-order valence-electron chi connectivity index (χ0n) is 16.0. The van der Waals surface area contributed by atoms with Crippen LogP contribution in [0.1, 0.15) is 30.5 Å². The fourth-order valence-electron chi connectivity index (χ4n) is 3.42. The van der Waals surface area contributed by atoms with Crippen molar-refractivity contribution in [3.05, 3.63) is 75.5 Å². The van der Waals surface area contributed by atoms with Gasteiger partial charge in [0.15, 0.2) is 0 Å². The SMILES string of the molecule is Cc1cc(OC(F)F)c(C(=O)Nc2ccc(C(=O)N3CCc4ccccc43)cc2)s1. The van der Waals surface area contributed by atoms with Crippen LogP contribution in [-0.2, 0) is 6.42 Å². The number of benzene rings is 2. The minimum absolute atomic E-state index is 0.0710. The van der Waals surface area contributed by atoms with E-state index in [-0.39, 0.29) is 16.5 Å². The highest BCUT2D eigenvalue weighted by molar-refractivity contribution is 7.14.